The van der Waals surface area contributed by atoms with Gasteiger partial charge in [0, 0.05) is 13.0 Å². The number of carbonyl (C=O) groups is 2. The molecule has 2 N–H and O–H groups in total. The second kappa shape index (κ2) is 6.13. The smallest absolute Gasteiger partial charge is 0.326 e. The molecule has 0 aliphatic carbocycles. The van der Waals surface area contributed by atoms with Crippen molar-refractivity contribution in [3.63, 3.8) is 0 Å². The van der Waals surface area contributed by atoms with E-state index in [9.17, 15) is 14.7 Å². The maximum Gasteiger partial charge on any atom is 0.326 e. The largest absolute Gasteiger partial charge is 0.484 e. The molecular weight excluding hydrogens is 274 g/mol. The van der Waals surface area contributed by atoms with Gasteiger partial charge in [0.25, 0.3) is 5.91 Å². The number of aliphatic carboxylic acids is 1. The van der Waals surface area contributed by atoms with Crippen LogP contribution < -0.4 is 4.74 Å². The van der Waals surface area contributed by atoms with Crippen molar-refractivity contribution in [3.8, 4) is 5.75 Å². The number of amides is 1. The molecule has 2 unspecified atom stereocenters. The Hall–Kier alpha value is -2.08. The highest BCUT2D eigenvalue weighted by Gasteiger charge is 2.38. The number of hydrogen-bond donors (Lipinski definition) is 2. The van der Waals surface area contributed by atoms with Gasteiger partial charge in [-0.15, -0.1) is 0 Å². The minimum atomic E-state index is -1.11. The molecule has 114 valence electrons. The summed E-state index contributed by atoms with van der Waals surface area (Å²) in [6.45, 7) is 3.66. The molecule has 1 aliphatic heterocycles. The molecule has 1 saturated heterocycles. The predicted molar refractivity (Wildman–Crippen MR) is 75.2 cm³/mol. The number of hydrogen-bond acceptors (Lipinski definition) is 4. The molecule has 2 atom stereocenters. The highest BCUT2D eigenvalue weighted by molar-refractivity contribution is 5.85. The molecule has 6 nitrogen and oxygen atoms in total. The van der Waals surface area contributed by atoms with Crippen molar-refractivity contribution in [2.45, 2.75) is 32.4 Å². The van der Waals surface area contributed by atoms with E-state index in [4.69, 9.17) is 9.84 Å². The summed E-state index contributed by atoms with van der Waals surface area (Å²) in [5.41, 5.74) is 2.05. The lowest BCUT2D eigenvalue weighted by molar-refractivity contribution is -0.148. The minimum Gasteiger partial charge on any atom is -0.484 e. The Kier molecular flexibility index (Phi) is 4.47. The molecule has 1 aliphatic rings. The zero-order valence-corrected chi connectivity index (χ0v) is 12.1. The van der Waals surface area contributed by atoms with Gasteiger partial charge >= 0.3 is 5.97 Å². The van der Waals surface area contributed by atoms with E-state index in [1.165, 1.54) is 0 Å². The number of benzene rings is 1. The molecule has 1 fully saturated rings. The molecule has 21 heavy (non-hydrogen) atoms. The molecule has 1 aromatic carbocycles. The van der Waals surface area contributed by atoms with Crippen LogP contribution in [0.3, 0.4) is 0 Å². The lowest BCUT2D eigenvalue weighted by Crippen LogP contribution is -2.42. The number of rotatable bonds is 4. The summed E-state index contributed by atoms with van der Waals surface area (Å²) in [6, 6.07) is 4.64. The van der Waals surface area contributed by atoms with Gasteiger partial charge in [0.1, 0.15) is 11.8 Å². The average Bonchev–Trinajstić information content (AvgIpc) is 2.77. The lowest BCUT2D eigenvalue weighted by Gasteiger charge is -2.21. The summed E-state index contributed by atoms with van der Waals surface area (Å²) in [4.78, 5) is 24.3. The van der Waals surface area contributed by atoms with E-state index < -0.39 is 24.0 Å². The minimum absolute atomic E-state index is 0.0337. The van der Waals surface area contributed by atoms with Crippen LogP contribution in [0.15, 0.2) is 18.2 Å². The van der Waals surface area contributed by atoms with Crippen molar-refractivity contribution in [2.75, 3.05) is 13.2 Å². The normalized spacial score (nSPS) is 21.4. The Labute approximate surface area is 122 Å². The number of aryl methyl sites for hydroxylation is 2. The van der Waals surface area contributed by atoms with Crippen LogP contribution >= 0.6 is 0 Å². The second-order valence-corrected chi connectivity index (χ2v) is 5.40. The van der Waals surface area contributed by atoms with Crippen LogP contribution in [0.4, 0.5) is 0 Å². The first-order chi connectivity index (χ1) is 9.86. The Bertz CT molecular complexity index is 537. The Morgan fingerprint density at radius 2 is 1.90 bits per heavy atom. The van der Waals surface area contributed by atoms with E-state index in [1.54, 1.807) is 0 Å². The zero-order valence-electron chi connectivity index (χ0n) is 12.1. The highest BCUT2D eigenvalue weighted by Crippen LogP contribution is 2.20. The topological polar surface area (TPSA) is 87.1 Å². The average molecular weight is 293 g/mol. The van der Waals surface area contributed by atoms with E-state index in [0.29, 0.717) is 5.75 Å². The molecule has 2 rings (SSSR count). The van der Waals surface area contributed by atoms with Gasteiger partial charge in [-0.1, -0.05) is 6.07 Å². The van der Waals surface area contributed by atoms with Gasteiger partial charge in [-0.3, -0.25) is 4.79 Å². The molecule has 1 heterocycles. The van der Waals surface area contributed by atoms with Crippen LogP contribution in [-0.4, -0.2) is 52.3 Å². The van der Waals surface area contributed by atoms with Gasteiger partial charge in [0.2, 0.25) is 0 Å². The fraction of sp³-hybridized carbons (Fsp3) is 0.467. The first-order valence-corrected chi connectivity index (χ1v) is 6.78. The number of nitrogens with zero attached hydrogens (tertiary/aromatic N) is 1. The maximum atomic E-state index is 12.1. The fourth-order valence-corrected chi connectivity index (χ4v) is 2.57. The number of likely N-dealkylation sites (tertiary alicyclic amines) is 1. The van der Waals surface area contributed by atoms with E-state index in [1.807, 2.05) is 32.0 Å². The summed E-state index contributed by atoms with van der Waals surface area (Å²) in [5.74, 6) is -0.961. The zero-order chi connectivity index (χ0) is 15.6. The number of carboxylic acids is 1. The summed E-state index contributed by atoms with van der Waals surface area (Å²) >= 11 is 0. The van der Waals surface area contributed by atoms with E-state index in [2.05, 4.69) is 0 Å². The summed E-state index contributed by atoms with van der Waals surface area (Å²) in [6.07, 6.45) is -0.735. The van der Waals surface area contributed by atoms with Crippen LogP contribution in [0.25, 0.3) is 0 Å². The molecule has 6 heteroatoms. The van der Waals surface area contributed by atoms with Crippen LogP contribution in [-0.2, 0) is 9.59 Å². The molecule has 0 aromatic heterocycles. The van der Waals surface area contributed by atoms with Crippen LogP contribution in [0, 0.1) is 13.8 Å². The van der Waals surface area contributed by atoms with E-state index in [0.717, 1.165) is 16.0 Å². The van der Waals surface area contributed by atoms with Crippen LogP contribution in [0.1, 0.15) is 17.5 Å². The monoisotopic (exact) mass is 293 g/mol. The summed E-state index contributed by atoms with van der Waals surface area (Å²) in [7, 11) is 0. The molecule has 0 bridgehead atoms. The van der Waals surface area contributed by atoms with Crippen molar-refractivity contribution in [2.24, 2.45) is 0 Å². The van der Waals surface area contributed by atoms with Gasteiger partial charge in [-0.05, 0) is 37.1 Å². The second-order valence-electron chi connectivity index (χ2n) is 5.40. The van der Waals surface area contributed by atoms with Crippen LogP contribution in [0.2, 0.25) is 0 Å². The van der Waals surface area contributed by atoms with Crippen molar-refractivity contribution in [1.29, 1.82) is 0 Å². The SMILES string of the molecule is Cc1cc(C)cc(OCC(=O)N2CC(O)CC2C(=O)O)c1. The quantitative estimate of drug-likeness (QED) is 0.854. The van der Waals surface area contributed by atoms with Crippen molar-refractivity contribution in [3.05, 3.63) is 29.3 Å². The standard InChI is InChI=1S/C15H19NO5/c1-9-3-10(2)5-12(4-9)21-8-14(18)16-7-11(17)6-13(16)15(19)20/h3-5,11,13,17H,6-8H2,1-2H3,(H,19,20). The third-order valence-electron chi connectivity index (χ3n) is 3.44. The number of carbonyl (C=O) groups excluding carboxylic acids is 1. The Morgan fingerprint density at radius 1 is 1.29 bits per heavy atom. The Balaban J connectivity index is 1.99. The fourth-order valence-electron chi connectivity index (χ4n) is 2.57. The molecule has 1 amide bonds. The number of ether oxygens (including phenoxy) is 1. The highest BCUT2D eigenvalue weighted by atomic mass is 16.5. The number of aliphatic hydroxyl groups excluding tert-OH is 1. The van der Waals surface area contributed by atoms with E-state index >= 15 is 0 Å². The van der Waals surface area contributed by atoms with Crippen LogP contribution in [0.5, 0.6) is 5.75 Å². The third kappa shape index (κ3) is 3.72. The number of carboxylic acid groups (broad SMARTS) is 1. The summed E-state index contributed by atoms with van der Waals surface area (Å²) < 4.78 is 5.44. The van der Waals surface area contributed by atoms with Gasteiger partial charge in [0.05, 0.1) is 6.10 Å². The molecule has 0 saturated carbocycles. The number of β-amino-alcohol motifs (C(OH)–C–C–N with tert-alkyl or cyclic N) is 1. The molecule has 0 radical (unpaired) electrons. The van der Waals surface area contributed by atoms with E-state index in [-0.39, 0.29) is 19.6 Å². The number of aliphatic hydroxyl groups is 1. The third-order valence-corrected chi connectivity index (χ3v) is 3.44. The van der Waals surface area contributed by atoms with Gasteiger partial charge in [-0.25, -0.2) is 4.79 Å². The molecule has 1 aromatic rings. The lowest BCUT2D eigenvalue weighted by atomic mass is 10.1. The first kappa shape index (κ1) is 15.3. The van der Waals surface area contributed by atoms with Gasteiger partial charge < -0.3 is 19.8 Å². The first-order valence-electron chi connectivity index (χ1n) is 6.78. The van der Waals surface area contributed by atoms with Crippen molar-refractivity contribution >= 4 is 11.9 Å². The Morgan fingerprint density at radius 3 is 2.48 bits per heavy atom. The van der Waals surface area contributed by atoms with Gasteiger partial charge in [0.15, 0.2) is 6.61 Å². The maximum absolute atomic E-state index is 12.1. The summed E-state index contributed by atoms with van der Waals surface area (Å²) in [5, 5.41) is 18.6. The molecular formula is C15H19NO5. The van der Waals surface area contributed by atoms with Crippen molar-refractivity contribution < 1.29 is 24.5 Å². The van der Waals surface area contributed by atoms with Gasteiger partial charge in [-0.2, -0.15) is 0 Å². The predicted octanol–water partition coefficient (Wildman–Crippen LogP) is 0.729. The van der Waals surface area contributed by atoms with Crippen molar-refractivity contribution in [1.82, 2.24) is 4.90 Å². The molecule has 0 spiro atoms.